The van der Waals surface area contributed by atoms with Crippen LogP contribution in [0.4, 0.5) is 0 Å². The Morgan fingerprint density at radius 2 is 1.85 bits per heavy atom. The Hall–Kier alpha value is -2.51. The second-order valence-electron chi connectivity index (χ2n) is 5.76. The molecule has 0 aromatic heterocycles. The van der Waals surface area contributed by atoms with Gasteiger partial charge in [0.25, 0.3) is 11.8 Å². The number of hydrogen-bond acceptors (Lipinski definition) is 4. The number of carbonyl (C=O) groups is 2. The molecule has 132 valence electrons. The van der Waals surface area contributed by atoms with E-state index in [0.29, 0.717) is 17.9 Å². The molecule has 1 aliphatic heterocycles. The van der Waals surface area contributed by atoms with Crippen molar-refractivity contribution >= 4 is 51.2 Å². The fraction of sp³-hybridized carbons (Fsp3) is 0.105. The molecule has 3 rings (SSSR count). The lowest BCUT2D eigenvalue weighted by molar-refractivity contribution is -0.123. The van der Waals surface area contributed by atoms with Crippen molar-refractivity contribution < 1.29 is 14.3 Å². The number of rotatable bonds is 4. The van der Waals surface area contributed by atoms with Crippen LogP contribution in [0, 0.1) is 6.92 Å². The van der Waals surface area contributed by atoms with Crippen LogP contribution >= 0.6 is 28.1 Å². The summed E-state index contributed by atoms with van der Waals surface area (Å²) in [4.78, 5) is 23.8. The van der Waals surface area contributed by atoms with E-state index in [1.165, 1.54) is 11.6 Å². The van der Waals surface area contributed by atoms with E-state index < -0.39 is 11.8 Å². The minimum Gasteiger partial charge on any atom is -0.488 e. The summed E-state index contributed by atoms with van der Waals surface area (Å²) in [6, 6.07) is 13.4. The third-order valence-corrected chi connectivity index (χ3v) is 4.51. The van der Waals surface area contributed by atoms with Gasteiger partial charge < -0.3 is 4.74 Å². The van der Waals surface area contributed by atoms with Gasteiger partial charge in [-0.25, -0.2) is 0 Å². The van der Waals surface area contributed by atoms with Gasteiger partial charge >= 0.3 is 0 Å². The molecule has 0 bridgehead atoms. The van der Waals surface area contributed by atoms with Crippen LogP contribution in [0.5, 0.6) is 5.75 Å². The standard InChI is InChI=1S/C19H15BrN2O3S/c1-11-3-2-4-13(7-11)10-25-16-6-5-12(9-15(16)20)8-14-17(23)21-19(26)22-18(14)24/h2-9H,10H2,1H3,(H2,21,22,23,24,26). The molecule has 0 atom stereocenters. The first kappa shape index (κ1) is 18.3. The van der Waals surface area contributed by atoms with Crippen molar-refractivity contribution in [1.29, 1.82) is 0 Å². The van der Waals surface area contributed by atoms with Crippen molar-refractivity contribution in [2.45, 2.75) is 13.5 Å². The maximum absolute atomic E-state index is 11.9. The molecule has 5 nitrogen and oxygen atoms in total. The number of benzene rings is 2. The third kappa shape index (κ3) is 4.36. The molecule has 1 fully saturated rings. The Morgan fingerprint density at radius 3 is 2.50 bits per heavy atom. The number of carbonyl (C=O) groups excluding carboxylic acids is 2. The first-order valence-electron chi connectivity index (χ1n) is 7.78. The molecule has 1 saturated heterocycles. The Labute approximate surface area is 164 Å². The van der Waals surface area contributed by atoms with E-state index in [0.717, 1.165) is 10.0 Å². The van der Waals surface area contributed by atoms with Crippen molar-refractivity contribution in [3.8, 4) is 5.75 Å². The second-order valence-corrected chi connectivity index (χ2v) is 7.03. The van der Waals surface area contributed by atoms with Crippen LogP contribution in [0.1, 0.15) is 16.7 Å². The molecule has 0 spiro atoms. The minimum absolute atomic E-state index is 0.000992. The van der Waals surface area contributed by atoms with Crippen LogP contribution in [0.15, 0.2) is 52.5 Å². The fourth-order valence-electron chi connectivity index (χ4n) is 2.46. The van der Waals surface area contributed by atoms with Gasteiger partial charge in [-0.15, -0.1) is 0 Å². The highest BCUT2D eigenvalue weighted by molar-refractivity contribution is 9.10. The average Bonchev–Trinajstić information content (AvgIpc) is 2.57. The molecule has 1 aliphatic rings. The number of thiocarbonyl (C=S) groups is 1. The third-order valence-electron chi connectivity index (χ3n) is 3.69. The van der Waals surface area contributed by atoms with E-state index in [2.05, 4.69) is 32.6 Å². The van der Waals surface area contributed by atoms with Gasteiger partial charge in [0.2, 0.25) is 0 Å². The van der Waals surface area contributed by atoms with Crippen LogP contribution in [0.25, 0.3) is 6.08 Å². The largest absolute Gasteiger partial charge is 0.488 e. The zero-order valence-electron chi connectivity index (χ0n) is 13.8. The molecule has 26 heavy (non-hydrogen) atoms. The summed E-state index contributed by atoms with van der Waals surface area (Å²) in [5.74, 6) is -0.364. The predicted octanol–water partition coefficient (Wildman–Crippen LogP) is 3.25. The van der Waals surface area contributed by atoms with Crippen LogP contribution in [0.2, 0.25) is 0 Å². The quantitative estimate of drug-likeness (QED) is 0.443. The average molecular weight is 431 g/mol. The number of nitrogens with one attached hydrogen (secondary N) is 2. The van der Waals surface area contributed by atoms with E-state index in [1.54, 1.807) is 18.2 Å². The SMILES string of the molecule is Cc1cccc(COc2ccc(C=C3C(=O)NC(=S)NC3=O)cc2Br)c1. The zero-order valence-corrected chi connectivity index (χ0v) is 16.2. The van der Waals surface area contributed by atoms with Gasteiger partial charge in [0, 0.05) is 0 Å². The van der Waals surface area contributed by atoms with E-state index in [4.69, 9.17) is 17.0 Å². The highest BCUT2D eigenvalue weighted by atomic mass is 79.9. The van der Waals surface area contributed by atoms with E-state index in [1.807, 2.05) is 25.1 Å². The van der Waals surface area contributed by atoms with Crippen LogP contribution in [-0.2, 0) is 16.2 Å². The molecule has 7 heteroatoms. The predicted molar refractivity (Wildman–Crippen MR) is 107 cm³/mol. The van der Waals surface area contributed by atoms with Gasteiger partial charge in [-0.05, 0) is 64.4 Å². The summed E-state index contributed by atoms with van der Waals surface area (Å²) in [6.07, 6.45) is 1.50. The monoisotopic (exact) mass is 430 g/mol. The van der Waals surface area contributed by atoms with E-state index in [9.17, 15) is 9.59 Å². The van der Waals surface area contributed by atoms with Crippen molar-refractivity contribution in [3.63, 3.8) is 0 Å². The second kappa shape index (κ2) is 7.80. The van der Waals surface area contributed by atoms with Gasteiger partial charge in [-0.2, -0.15) is 0 Å². The van der Waals surface area contributed by atoms with Crippen molar-refractivity contribution in [2.75, 3.05) is 0 Å². The van der Waals surface area contributed by atoms with Crippen LogP contribution in [0.3, 0.4) is 0 Å². The smallest absolute Gasteiger partial charge is 0.263 e. The number of hydrogen-bond donors (Lipinski definition) is 2. The highest BCUT2D eigenvalue weighted by Gasteiger charge is 2.25. The number of amides is 2. The molecule has 0 saturated carbocycles. The molecule has 0 aliphatic carbocycles. The lowest BCUT2D eigenvalue weighted by Gasteiger charge is -2.16. The summed E-state index contributed by atoms with van der Waals surface area (Å²) >= 11 is 8.24. The van der Waals surface area contributed by atoms with Crippen molar-refractivity contribution in [1.82, 2.24) is 10.6 Å². The molecular formula is C19H15BrN2O3S. The summed E-state index contributed by atoms with van der Waals surface area (Å²) in [5, 5.41) is 4.82. The Balaban J connectivity index is 1.75. The number of aryl methyl sites for hydroxylation is 1. The van der Waals surface area contributed by atoms with Gasteiger partial charge in [0.15, 0.2) is 5.11 Å². The van der Waals surface area contributed by atoms with Crippen molar-refractivity contribution in [2.24, 2.45) is 0 Å². The minimum atomic E-state index is -0.519. The van der Waals surface area contributed by atoms with Crippen LogP contribution in [-0.4, -0.2) is 16.9 Å². The molecular weight excluding hydrogens is 416 g/mol. The Morgan fingerprint density at radius 1 is 1.12 bits per heavy atom. The molecule has 2 N–H and O–H groups in total. The summed E-state index contributed by atoms with van der Waals surface area (Å²) in [5.41, 5.74) is 2.94. The summed E-state index contributed by atoms with van der Waals surface area (Å²) in [6.45, 7) is 2.48. The maximum Gasteiger partial charge on any atom is 0.263 e. The molecule has 0 unspecified atom stereocenters. The molecule has 1 heterocycles. The molecule has 0 radical (unpaired) electrons. The lowest BCUT2D eigenvalue weighted by Crippen LogP contribution is -2.51. The Kier molecular flexibility index (Phi) is 5.49. The molecule has 2 aromatic carbocycles. The topological polar surface area (TPSA) is 67.4 Å². The zero-order chi connectivity index (χ0) is 18.7. The first-order chi connectivity index (χ1) is 12.4. The first-order valence-corrected chi connectivity index (χ1v) is 8.99. The van der Waals surface area contributed by atoms with Gasteiger partial charge in [0.05, 0.1) is 4.47 Å². The summed E-state index contributed by atoms with van der Waals surface area (Å²) in [7, 11) is 0. The lowest BCUT2D eigenvalue weighted by atomic mass is 10.1. The van der Waals surface area contributed by atoms with Gasteiger partial charge in [-0.3, -0.25) is 20.2 Å². The van der Waals surface area contributed by atoms with Gasteiger partial charge in [-0.1, -0.05) is 35.9 Å². The fourth-order valence-corrected chi connectivity index (χ4v) is 3.16. The van der Waals surface area contributed by atoms with Crippen LogP contribution < -0.4 is 15.4 Å². The summed E-state index contributed by atoms with van der Waals surface area (Å²) < 4.78 is 6.56. The molecule has 2 amide bonds. The Bertz CT molecular complexity index is 918. The molecule has 2 aromatic rings. The van der Waals surface area contributed by atoms with Gasteiger partial charge in [0.1, 0.15) is 17.9 Å². The van der Waals surface area contributed by atoms with E-state index in [-0.39, 0.29) is 10.7 Å². The maximum atomic E-state index is 11.9. The number of ether oxygens (including phenoxy) is 1. The van der Waals surface area contributed by atoms with E-state index >= 15 is 0 Å². The highest BCUT2D eigenvalue weighted by Crippen LogP contribution is 2.28. The van der Waals surface area contributed by atoms with Crippen molar-refractivity contribution in [3.05, 3.63) is 69.2 Å². The normalized spacial score (nSPS) is 13.9. The number of halogens is 1.